The van der Waals surface area contributed by atoms with Crippen LogP contribution in [-0.2, 0) is 45.1 Å². The number of nitrogens with two attached hydrogens (primary N) is 1. The third-order valence-corrected chi connectivity index (χ3v) is 7.93. The van der Waals surface area contributed by atoms with Gasteiger partial charge in [-0.3, -0.25) is 14.4 Å². The number of rotatable bonds is 11. The Kier molecular flexibility index (Phi) is 12.3. The molecule has 0 aliphatic carbocycles. The van der Waals surface area contributed by atoms with E-state index in [-0.39, 0.29) is 30.7 Å². The number of carbonyl (C=O) groups excluding carboxylic acids is 3. The molecule has 48 heavy (non-hydrogen) atoms. The van der Waals surface area contributed by atoms with Crippen molar-refractivity contribution in [3.05, 3.63) is 107 Å². The summed E-state index contributed by atoms with van der Waals surface area (Å²) in [6.45, 7) is 1.13. The summed E-state index contributed by atoms with van der Waals surface area (Å²) < 4.78 is 31.7. The van der Waals surface area contributed by atoms with Gasteiger partial charge in [0, 0.05) is 29.6 Å². The highest BCUT2D eigenvalue weighted by atomic mass is 19.4. The van der Waals surface area contributed by atoms with Gasteiger partial charge >= 0.3 is 12.1 Å². The number of H-pyrrole nitrogens is 1. The summed E-state index contributed by atoms with van der Waals surface area (Å²) in [5, 5.41) is 14.2. The van der Waals surface area contributed by atoms with Gasteiger partial charge in [-0.25, -0.2) is 4.79 Å². The number of amides is 3. The summed E-state index contributed by atoms with van der Waals surface area (Å²) in [5.74, 6) is -3.46. The van der Waals surface area contributed by atoms with Crippen molar-refractivity contribution >= 4 is 34.6 Å². The van der Waals surface area contributed by atoms with Gasteiger partial charge in [-0.1, -0.05) is 78.9 Å². The fraction of sp³-hybridized carbons (Fsp3) is 0.314. The molecule has 0 saturated carbocycles. The minimum absolute atomic E-state index is 0.169. The molecule has 0 spiro atoms. The number of fused-ring (bicyclic) bond motifs is 3. The normalized spacial score (nSPS) is 15.0. The zero-order valence-electron chi connectivity index (χ0n) is 26.1. The first-order valence-electron chi connectivity index (χ1n) is 15.5. The molecule has 1 aliphatic heterocycles. The summed E-state index contributed by atoms with van der Waals surface area (Å²) in [5.41, 5.74) is 10.5. The second-order valence-electron chi connectivity index (χ2n) is 11.4. The molecule has 4 aromatic rings. The summed E-state index contributed by atoms with van der Waals surface area (Å²) in [4.78, 5) is 55.0. The molecule has 1 aromatic heterocycles. The van der Waals surface area contributed by atoms with Crippen LogP contribution >= 0.6 is 0 Å². The number of para-hydroxylation sites is 1. The third-order valence-electron chi connectivity index (χ3n) is 7.93. The van der Waals surface area contributed by atoms with Crippen LogP contribution < -0.4 is 16.4 Å². The molecular weight excluding hydrogens is 627 g/mol. The van der Waals surface area contributed by atoms with Gasteiger partial charge in [0.1, 0.15) is 12.1 Å². The number of nitrogens with one attached hydrogen (secondary N) is 3. The van der Waals surface area contributed by atoms with E-state index in [1.807, 2.05) is 84.9 Å². The highest BCUT2D eigenvalue weighted by molar-refractivity contribution is 5.94. The molecule has 13 heteroatoms. The van der Waals surface area contributed by atoms with Crippen molar-refractivity contribution in [2.45, 2.75) is 63.5 Å². The number of carboxylic acids is 1. The summed E-state index contributed by atoms with van der Waals surface area (Å²) >= 11 is 0. The van der Waals surface area contributed by atoms with Gasteiger partial charge in [0.25, 0.3) is 0 Å². The van der Waals surface area contributed by atoms with E-state index in [1.165, 1.54) is 0 Å². The van der Waals surface area contributed by atoms with Gasteiger partial charge in [0.05, 0.1) is 13.0 Å². The minimum Gasteiger partial charge on any atom is -0.475 e. The quantitative estimate of drug-likeness (QED) is 0.151. The van der Waals surface area contributed by atoms with Gasteiger partial charge in [-0.2, -0.15) is 13.2 Å². The van der Waals surface area contributed by atoms with E-state index in [4.69, 9.17) is 15.6 Å². The Hall–Kier alpha value is -5.17. The number of halogens is 3. The number of carboxylic acid groups (broad SMARTS) is 1. The first kappa shape index (κ1) is 35.7. The first-order valence-corrected chi connectivity index (χ1v) is 15.5. The predicted molar refractivity (Wildman–Crippen MR) is 173 cm³/mol. The average Bonchev–Trinajstić information content (AvgIpc) is 3.35. The molecule has 3 amide bonds. The molecule has 0 fully saturated rings. The molecule has 10 nitrogen and oxygen atoms in total. The zero-order chi connectivity index (χ0) is 34.7. The Morgan fingerprint density at radius 3 is 2.17 bits per heavy atom. The molecule has 1 aliphatic rings. The lowest BCUT2D eigenvalue weighted by Gasteiger charge is -2.32. The Morgan fingerprint density at radius 1 is 0.938 bits per heavy atom. The van der Waals surface area contributed by atoms with Crippen LogP contribution in [0.3, 0.4) is 0 Å². The Labute approximate surface area is 275 Å². The van der Waals surface area contributed by atoms with Crippen molar-refractivity contribution in [3.63, 3.8) is 0 Å². The number of aromatic amines is 1. The van der Waals surface area contributed by atoms with Crippen LogP contribution in [-0.4, -0.2) is 63.5 Å². The zero-order valence-corrected chi connectivity index (χ0v) is 26.1. The fourth-order valence-corrected chi connectivity index (χ4v) is 5.58. The van der Waals surface area contributed by atoms with Crippen LogP contribution in [0.1, 0.15) is 41.6 Å². The number of nitrogens with zero attached hydrogens (tertiary/aromatic N) is 1. The van der Waals surface area contributed by atoms with Crippen molar-refractivity contribution in [1.29, 1.82) is 0 Å². The third kappa shape index (κ3) is 9.67. The highest BCUT2D eigenvalue weighted by Crippen LogP contribution is 2.29. The monoisotopic (exact) mass is 665 g/mol. The van der Waals surface area contributed by atoms with Crippen molar-refractivity contribution in [2.24, 2.45) is 5.73 Å². The van der Waals surface area contributed by atoms with Gasteiger partial charge in [0.2, 0.25) is 17.7 Å². The summed E-state index contributed by atoms with van der Waals surface area (Å²) in [6.07, 6.45) is -2.64. The first-order chi connectivity index (χ1) is 23.0. The second kappa shape index (κ2) is 16.6. The van der Waals surface area contributed by atoms with E-state index in [0.717, 1.165) is 39.7 Å². The number of hydrogen-bond donors (Lipinski definition) is 5. The molecule has 0 bridgehead atoms. The van der Waals surface area contributed by atoms with Crippen molar-refractivity contribution in [2.75, 3.05) is 6.54 Å². The van der Waals surface area contributed by atoms with E-state index >= 15 is 0 Å². The SMILES string of the molecule is NCCCC[C@H](C(=O)NCc1ccccc1)N1Cc2[nH]c3ccccc3c2C[C@@H](NC(=O)Cc2ccccc2)C1=O.O=C(O)C(F)(F)F. The molecule has 5 rings (SSSR count). The van der Waals surface area contributed by atoms with Gasteiger partial charge in [-0.15, -0.1) is 0 Å². The number of unbranched alkanes of at least 4 members (excludes halogenated alkanes) is 1. The van der Waals surface area contributed by atoms with Gasteiger partial charge in [-0.05, 0) is 48.6 Å². The van der Waals surface area contributed by atoms with E-state index < -0.39 is 24.2 Å². The smallest absolute Gasteiger partial charge is 0.475 e. The fourth-order valence-electron chi connectivity index (χ4n) is 5.58. The standard InChI is InChI=1S/C33H37N5O3.C2HF3O2/c34-18-10-9-17-30(32(40)35-21-24-13-5-2-6-14-24)38-22-29-26(25-15-7-8-16-27(25)36-29)20-28(33(38)41)37-31(39)19-23-11-3-1-4-12-23;3-2(4,5)1(6)7/h1-8,11-16,28,30,36H,9-10,17-22,34H2,(H,35,40)(H,37,39);(H,6,7)/t28-,30-;/m1./s1. The van der Waals surface area contributed by atoms with E-state index in [0.29, 0.717) is 32.4 Å². The number of carbonyl (C=O) groups is 4. The van der Waals surface area contributed by atoms with Crippen molar-refractivity contribution < 1.29 is 37.5 Å². The van der Waals surface area contributed by atoms with Crippen molar-refractivity contribution in [1.82, 2.24) is 20.5 Å². The molecule has 2 atom stereocenters. The maximum absolute atomic E-state index is 14.2. The number of hydrogen-bond acceptors (Lipinski definition) is 5. The summed E-state index contributed by atoms with van der Waals surface area (Å²) in [7, 11) is 0. The Morgan fingerprint density at radius 2 is 1.54 bits per heavy atom. The van der Waals surface area contributed by atoms with Crippen LogP contribution in [0.2, 0.25) is 0 Å². The molecule has 0 unspecified atom stereocenters. The minimum atomic E-state index is -5.08. The molecule has 6 N–H and O–H groups in total. The van der Waals surface area contributed by atoms with E-state index in [2.05, 4.69) is 15.6 Å². The lowest BCUT2D eigenvalue weighted by Crippen LogP contribution is -2.55. The number of aliphatic carboxylic acids is 1. The topological polar surface area (TPSA) is 158 Å². The maximum Gasteiger partial charge on any atom is 0.490 e. The molecule has 3 aromatic carbocycles. The van der Waals surface area contributed by atoms with Crippen LogP contribution in [0, 0.1) is 0 Å². The van der Waals surface area contributed by atoms with Crippen LogP contribution in [0.25, 0.3) is 10.9 Å². The molecule has 254 valence electrons. The number of alkyl halides is 3. The molecule has 2 heterocycles. The van der Waals surface area contributed by atoms with E-state index in [1.54, 1.807) is 4.90 Å². The Balaban J connectivity index is 0.000000671. The average molecular weight is 666 g/mol. The molecule has 0 radical (unpaired) electrons. The lowest BCUT2D eigenvalue weighted by atomic mass is 10.0. The van der Waals surface area contributed by atoms with Gasteiger partial charge < -0.3 is 31.4 Å². The molecular formula is C35H38F3N5O5. The van der Waals surface area contributed by atoms with Crippen molar-refractivity contribution in [3.8, 4) is 0 Å². The maximum atomic E-state index is 14.2. The number of benzene rings is 3. The predicted octanol–water partition coefficient (Wildman–Crippen LogP) is 4.23. The Bertz CT molecular complexity index is 1700. The number of aromatic nitrogens is 1. The molecule has 0 saturated heterocycles. The highest BCUT2D eigenvalue weighted by Gasteiger charge is 2.39. The summed E-state index contributed by atoms with van der Waals surface area (Å²) in [6, 6.07) is 25.6. The lowest BCUT2D eigenvalue weighted by molar-refractivity contribution is -0.192. The largest absolute Gasteiger partial charge is 0.490 e. The van der Waals surface area contributed by atoms with E-state index in [9.17, 15) is 27.6 Å². The van der Waals surface area contributed by atoms with Gasteiger partial charge in [0.15, 0.2) is 0 Å². The van der Waals surface area contributed by atoms with Crippen LogP contribution in [0.4, 0.5) is 13.2 Å². The van der Waals surface area contributed by atoms with Crippen LogP contribution in [0.5, 0.6) is 0 Å². The second-order valence-corrected chi connectivity index (χ2v) is 11.4. The van der Waals surface area contributed by atoms with Crippen LogP contribution in [0.15, 0.2) is 84.9 Å².